The Morgan fingerprint density at radius 3 is 2.48 bits per heavy atom. The van der Waals surface area contributed by atoms with Crippen molar-refractivity contribution in [3.8, 4) is 11.5 Å². The summed E-state index contributed by atoms with van der Waals surface area (Å²) in [4.78, 5) is 36.3. The van der Waals surface area contributed by atoms with Gasteiger partial charge in [-0.05, 0) is 12.1 Å². The van der Waals surface area contributed by atoms with Gasteiger partial charge in [0.1, 0.15) is 22.9 Å². The van der Waals surface area contributed by atoms with Gasteiger partial charge < -0.3 is 25.5 Å². The molecule has 0 bridgehead atoms. The van der Waals surface area contributed by atoms with Crippen LogP contribution in [0.3, 0.4) is 0 Å². The van der Waals surface area contributed by atoms with E-state index in [4.69, 9.17) is 5.11 Å². The summed E-state index contributed by atoms with van der Waals surface area (Å²) in [7, 11) is 0. The maximum absolute atomic E-state index is 12.1. The normalized spacial score (nSPS) is 22.7. The minimum Gasteiger partial charge on any atom is -0.508 e. The molecule has 0 aromatic heterocycles. The van der Waals surface area contributed by atoms with Gasteiger partial charge >= 0.3 is 5.97 Å². The van der Waals surface area contributed by atoms with Crippen LogP contribution in [0.4, 0.5) is 0 Å². The number of phenolic OH excluding ortho intramolecular Hbond substituents is 2. The number of carboxylic acid groups (broad SMARTS) is 1. The van der Waals surface area contributed by atoms with E-state index in [-0.39, 0.29) is 33.8 Å². The molecule has 3 rings (SSSR count). The zero-order valence-corrected chi connectivity index (χ0v) is 12.4. The lowest BCUT2D eigenvalue weighted by Crippen LogP contribution is -2.68. The van der Waals surface area contributed by atoms with E-state index in [9.17, 15) is 24.6 Å². The molecule has 0 saturated carbocycles. The molecule has 0 aliphatic carbocycles. The summed E-state index contributed by atoms with van der Waals surface area (Å²) >= 11 is 1.25. The number of aromatic hydroxyl groups is 2. The average molecular weight is 336 g/mol. The Balaban J connectivity index is 1.72. The number of amides is 2. The molecule has 8 nitrogen and oxygen atoms in total. The SMILES string of the molecule is O=C(O)C1=CN2C(=O)C(NC(=O)c3cc(O)cc(O)c3)[C@H]2SC1. The van der Waals surface area contributed by atoms with Crippen LogP contribution in [0.2, 0.25) is 0 Å². The van der Waals surface area contributed by atoms with Crippen molar-refractivity contribution in [1.82, 2.24) is 10.2 Å². The highest BCUT2D eigenvalue weighted by Crippen LogP contribution is 2.36. The predicted molar refractivity (Wildman–Crippen MR) is 79.8 cm³/mol. The van der Waals surface area contributed by atoms with Crippen LogP contribution < -0.4 is 5.32 Å². The van der Waals surface area contributed by atoms with Gasteiger partial charge in [-0.15, -0.1) is 11.8 Å². The highest BCUT2D eigenvalue weighted by Gasteiger charge is 2.50. The van der Waals surface area contributed by atoms with Gasteiger partial charge in [0, 0.05) is 23.6 Å². The number of hydrogen-bond donors (Lipinski definition) is 4. The van der Waals surface area contributed by atoms with E-state index in [1.165, 1.54) is 35.0 Å². The molecule has 1 aromatic carbocycles. The largest absolute Gasteiger partial charge is 0.508 e. The molecule has 1 unspecified atom stereocenters. The Hall–Kier alpha value is -2.68. The molecule has 1 saturated heterocycles. The number of thioether (sulfide) groups is 1. The van der Waals surface area contributed by atoms with Gasteiger partial charge in [0.2, 0.25) is 0 Å². The van der Waals surface area contributed by atoms with Gasteiger partial charge in [0.05, 0.1) is 5.57 Å². The molecule has 0 spiro atoms. The summed E-state index contributed by atoms with van der Waals surface area (Å²) in [6, 6.07) is 2.66. The van der Waals surface area contributed by atoms with Crippen LogP contribution in [0.15, 0.2) is 30.0 Å². The fourth-order valence-electron chi connectivity index (χ4n) is 2.38. The Bertz CT molecular complexity index is 727. The van der Waals surface area contributed by atoms with Gasteiger partial charge in [0.15, 0.2) is 0 Å². The van der Waals surface area contributed by atoms with E-state index in [2.05, 4.69) is 5.32 Å². The highest BCUT2D eigenvalue weighted by molar-refractivity contribution is 8.00. The summed E-state index contributed by atoms with van der Waals surface area (Å²) < 4.78 is 0. The maximum atomic E-state index is 12.1. The number of hydrogen-bond acceptors (Lipinski definition) is 6. The number of benzene rings is 1. The van der Waals surface area contributed by atoms with Crippen molar-refractivity contribution in [3.63, 3.8) is 0 Å². The molecule has 1 aromatic rings. The van der Waals surface area contributed by atoms with Crippen LogP contribution in [0, 0.1) is 0 Å². The Morgan fingerprint density at radius 1 is 1.22 bits per heavy atom. The number of fused-ring (bicyclic) bond motifs is 1. The maximum Gasteiger partial charge on any atom is 0.333 e. The lowest BCUT2D eigenvalue weighted by atomic mass is 10.1. The Kier molecular flexibility index (Phi) is 3.64. The van der Waals surface area contributed by atoms with E-state index in [1.54, 1.807) is 0 Å². The average Bonchev–Trinajstić information content (AvgIpc) is 2.50. The molecule has 120 valence electrons. The fourth-order valence-corrected chi connectivity index (χ4v) is 3.63. The van der Waals surface area contributed by atoms with Crippen molar-refractivity contribution >= 4 is 29.5 Å². The topological polar surface area (TPSA) is 127 Å². The summed E-state index contributed by atoms with van der Waals surface area (Å²) in [5, 5.41) is 29.9. The smallest absolute Gasteiger partial charge is 0.333 e. The first-order valence-corrected chi connectivity index (χ1v) is 7.63. The number of β-lactam (4-membered cyclic amide) rings is 1. The van der Waals surface area contributed by atoms with Crippen molar-refractivity contribution in [1.29, 1.82) is 0 Å². The van der Waals surface area contributed by atoms with Gasteiger partial charge in [-0.2, -0.15) is 0 Å². The number of carbonyl (C=O) groups excluding carboxylic acids is 2. The lowest BCUT2D eigenvalue weighted by Gasteiger charge is -2.47. The van der Waals surface area contributed by atoms with Gasteiger partial charge in [-0.1, -0.05) is 0 Å². The second-order valence-corrected chi connectivity index (χ2v) is 6.20. The van der Waals surface area contributed by atoms with Crippen LogP contribution in [0.25, 0.3) is 0 Å². The summed E-state index contributed by atoms with van der Waals surface area (Å²) in [5.74, 6) is -2.38. The van der Waals surface area contributed by atoms with Crippen molar-refractivity contribution < 1.29 is 29.7 Å². The molecular weight excluding hydrogens is 324 g/mol. The molecular formula is C14H12N2O6S. The van der Waals surface area contributed by atoms with Crippen LogP contribution in [0.5, 0.6) is 11.5 Å². The second kappa shape index (κ2) is 5.51. The van der Waals surface area contributed by atoms with E-state index in [1.807, 2.05) is 0 Å². The number of rotatable bonds is 3. The van der Waals surface area contributed by atoms with Crippen LogP contribution in [-0.4, -0.2) is 55.2 Å². The fraction of sp³-hybridized carbons (Fsp3) is 0.214. The third-order valence-corrected chi connectivity index (χ3v) is 4.83. The zero-order valence-electron chi connectivity index (χ0n) is 11.6. The molecule has 2 aliphatic heterocycles. The van der Waals surface area contributed by atoms with Crippen LogP contribution in [-0.2, 0) is 9.59 Å². The molecule has 2 aliphatic rings. The number of phenols is 2. The van der Waals surface area contributed by atoms with Crippen LogP contribution in [0.1, 0.15) is 10.4 Å². The molecule has 1 fully saturated rings. The first-order chi connectivity index (χ1) is 10.9. The Morgan fingerprint density at radius 2 is 1.87 bits per heavy atom. The number of carbonyl (C=O) groups is 3. The number of aliphatic carboxylic acids is 1. The number of nitrogens with one attached hydrogen (secondary N) is 1. The highest BCUT2D eigenvalue weighted by atomic mass is 32.2. The molecule has 0 radical (unpaired) electrons. The minimum absolute atomic E-state index is 0.0244. The van der Waals surface area contributed by atoms with Crippen molar-refractivity contribution in [3.05, 3.63) is 35.5 Å². The third-order valence-electron chi connectivity index (χ3n) is 3.51. The predicted octanol–water partition coefficient (Wildman–Crippen LogP) is 0.0798. The van der Waals surface area contributed by atoms with E-state index in [0.717, 1.165) is 6.07 Å². The standard InChI is InChI=1S/C14H12N2O6S/c17-8-1-6(2-9(18)3-8)11(19)15-10-12(20)16-4-7(14(21)22)5-23-13(10)16/h1-4,10,13,17-18H,5H2,(H,15,19)(H,21,22)/t10?,13-/m1/s1. The Labute approximate surface area is 134 Å². The van der Waals surface area contributed by atoms with Crippen LogP contribution >= 0.6 is 11.8 Å². The van der Waals surface area contributed by atoms with E-state index in [0.29, 0.717) is 0 Å². The second-order valence-electron chi connectivity index (χ2n) is 5.10. The summed E-state index contributed by atoms with van der Waals surface area (Å²) in [5.41, 5.74) is 0.151. The van der Waals surface area contributed by atoms with E-state index >= 15 is 0 Å². The first kappa shape index (κ1) is 15.2. The van der Waals surface area contributed by atoms with Crippen molar-refractivity contribution in [2.45, 2.75) is 11.4 Å². The minimum atomic E-state index is -1.08. The van der Waals surface area contributed by atoms with Gasteiger partial charge in [0.25, 0.3) is 11.8 Å². The van der Waals surface area contributed by atoms with E-state index < -0.39 is 23.8 Å². The monoisotopic (exact) mass is 336 g/mol. The molecule has 4 N–H and O–H groups in total. The molecule has 23 heavy (non-hydrogen) atoms. The van der Waals surface area contributed by atoms with Crippen molar-refractivity contribution in [2.75, 3.05) is 5.75 Å². The first-order valence-electron chi connectivity index (χ1n) is 6.58. The number of carboxylic acids is 1. The lowest BCUT2D eigenvalue weighted by molar-refractivity contribution is -0.141. The van der Waals surface area contributed by atoms with Gasteiger partial charge in [-0.3, -0.25) is 9.59 Å². The summed E-state index contributed by atoms with van der Waals surface area (Å²) in [6.45, 7) is 0. The third kappa shape index (κ3) is 2.70. The molecule has 2 amide bonds. The quantitative estimate of drug-likeness (QED) is 0.576. The summed E-state index contributed by atoms with van der Waals surface area (Å²) in [6.07, 6.45) is 1.29. The molecule has 2 atom stereocenters. The van der Waals surface area contributed by atoms with Crippen molar-refractivity contribution in [2.24, 2.45) is 0 Å². The number of nitrogens with zero attached hydrogens (tertiary/aromatic N) is 1. The van der Waals surface area contributed by atoms with Gasteiger partial charge in [-0.25, -0.2) is 4.79 Å². The molecule has 9 heteroatoms. The zero-order chi connectivity index (χ0) is 16.7. The molecule has 2 heterocycles.